The lowest BCUT2D eigenvalue weighted by atomic mass is 9.54. The molecule has 178 valence electrons. The maximum absolute atomic E-state index is 15.1. The van der Waals surface area contributed by atoms with Gasteiger partial charge in [-0.2, -0.15) is 5.26 Å². The molecule has 2 aromatic carbocycles. The molecule has 0 aliphatic heterocycles. The summed E-state index contributed by atoms with van der Waals surface area (Å²) in [5.41, 5.74) is 3.93. The number of pyridine rings is 1. The number of carbonyl (C=O) groups excluding carboxylic acids is 1. The van der Waals surface area contributed by atoms with E-state index in [0.29, 0.717) is 29.9 Å². The molecule has 2 aliphatic rings. The van der Waals surface area contributed by atoms with Crippen LogP contribution in [0.2, 0.25) is 0 Å². The van der Waals surface area contributed by atoms with Gasteiger partial charge in [0, 0.05) is 39.6 Å². The highest BCUT2D eigenvalue weighted by molar-refractivity contribution is 5.93. The molecule has 6 heteroatoms. The number of carbonyl (C=O) groups is 1. The zero-order valence-electron chi connectivity index (χ0n) is 20.2. The zero-order valence-corrected chi connectivity index (χ0v) is 20.2. The van der Waals surface area contributed by atoms with Gasteiger partial charge in [0.15, 0.2) is 11.6 Å². The quantitative estimate of drug-likeness (QED) is 0.351. The summed E-state index contributed by atoms with van der Waals surface area (Å²) in [4.78, 5) is 27.5. The highest BCUT2D eigenvalue weighted by Gasteiger charge is 2.53. The van der Waals surface area contributed by atoms with Crippen LogP contribution in [0.3, 0.4) is 0 Å². The van der Waals surface area contributed by atoms with Gasteiger partial charge in [-0.05, 0) is 49.4 Å². The van der Waals surface area contributed by atoms with Crippen molar-refractivity contribution in [3.8, 4) is 28.7 Å². The van der Waals surface area contributed by atoms with Gasteiger partial charge < -0.3 is 0 Å². The number of fused-ring (bicyclic) bond motifs is 4. The Morgan fingerprint density at radius 1 is 1.06 bits per heavy atom. The van der Waals surface area contributed by atoms with Crippen molar-refractivity contribution in [3.63, 3.8) is 0 Å². The Hall–Kier alpha value is -3.98. The van der Waals surface area contributed by atoms with Crippen molar-refractivity contribution in [3.05, 3.63) is 77.9 Å². The van der Waals surface area contributed by atoms with Crippen LogP contribution in [0.5, 0.6) is 0 Å². The normalized spacial score (nSPS) is 25.2. The molecule has 0 amide bonds. The number of benzene rings is 2. The topological polar surface area (TPSA) is 79.5 Å². The molecule has 1 unspecified atom stereocenters. The predicted molar refractivity (Wildman–Crippen MR) is 135 cm³/mol. The van der Waals surface area contributed by atoms with Crippen LogP contribution in [0.25, 0.3) is 33.5 Å². The fourth-order valence-electron chi connectivity index (χ4n) is 6.47. The van der Waals surface area contributed by atoms with Gasteiger partial charge in [0.1, 0.15) is 11.7 Å². The molecule has 4 aromatic rings. The number of hydrogen-bond acceptors (Lipinski definition) is 5. The molecule has 5 nitrogen and oxygen atoms in total. The standard InChI is InChI=1S/C30H25FN4O/c1-17-23-12-11-22-26(21-8-3-5-9-24(21)31)34-29(20-13-14-33-25-10-6-4-7-19(20)25)35-28(22)30(23,2)15-18(16-32)27(17)36/h3-10,13-14,17-18,23H,11-12,15H2,1-2H3/t17-,18?,23-,30-/m1/s1. The van der Waals surface area contributed by atoms with E-state index < -0.39 is 11.3 Å². The number of rotatable bonds is 2. The molecule has 0 saturated heterocycles. The molecule has 36 heavy (non-hydrogen) atoms. The Morgan fingerprint density at radius 2 is 1.83 bits per heavy atom. The van der Waals surface area contributed by atoms with Gasteiger partial charge in [0.2, 0.25) is 0 Å². The third-order valence-corrected chi connectivity index (χ3v) is 8.27. The summed E-state index contributed by atoms with van der Waals surface area (Å²) in [6, 6.07) is 18.6. The lowest BCUT2D eigenvalue weighted by Gasteiger charge is -2.49. The van der Waals surface area contributed by atoms with Gasteiger partial charge in [-0.1, -0.05) is 44.2 Å². The van der Waals surface area contributed by atoms with Crippen LogP contribution in [0.1, 0.15) is 37.9 Å². The smallest absolute Gasteiger partial charge is 0.160 e. The Balaban J connectivity index is 1.66. The Labute approximate surface area is 209 Å². The fraction of sp³-hybridized carbons (Fsp3) is 0.300. The van der Waals surface area contributed by atoms with E-state index in [1.54, 1.807) is 18.3 Å². The van der Waals surface area contributed by atoms with Crippen LogP contribution in [0.15, 0.2) is 60.8 Å². The molecule has 6 rings (SSSR count). The molecule has 1 fully saturated rings. The molecule has 0 spiro atoms. The molecule has 1 saturated carbocycles. The van der Waals surface area contributed by atoms with Crippen molar-refractivity contribution in [2.75, 3.05) is 0 Å². The summed E-state index contributed by atoms with van der Waals surface area (Å²) in [5.74, 6) is -0.661. The van der Waals surface area contributed by atoms with E-state index in [9.17, 15) is 10.1 Å². The third-order valence-electron chi connectivity index (χ3n) is 8.27. The van der Waals surface area contributed by atoms with Crippen LogP contribution in [0, 0.1) is 34.9 Å². The number of Topliss-reactive ketones (excluding diaryl/α,β-unsaturated/α-hetero) is 1. The zero-order chi connectivity index (χ0) is 25.0. The summed E-state index contributed by atoms with van der Waals surface area (Å²) >= 11 is 0. The SMILES string of the molecule is C[C@H]1C(=O)C(C#N)C[C@@]2(C)c3nc(-c4ccnc5ccccc45)nc(-c4ccccc4F)c3CC[C@H]12. The van der Waals surface area contributed by atoms with Crippen LogP contribution in [-0.2, 0) is 16.6 Å². The number of ketones is 1. The fourth-order valence-corrected chi connectivity index (χ4v) is 6.47. The summed E-state index contributed by atoms with van der Waals surface area (Å²) in [6.45, 7) is 4.06. The molecular formula is C30H25FN4O. The number of nitrogens with zero attached hydrogens (tertiary/aromatic N) is 4. The molecule has 0 radical (unpaired) electrons. The first-order chi connectivity index (χ1) is 17.4. The summed E-state index contributed by atoms with van der Waals surface area (Å²) in [7, 11) is 0. The first-order valence-electron chi connectivity index (χ1n) is 12.4. The average Bonchev–Trinajstić information content (AvgIpc) is 2.90. The van der Waals surface area contributed by atoms with Crippen molar-refractivity contribution in [2.45, 2.75) is 38.5 Å². The van der Waals surface area contributed by atoms with Gasteiger partial charge in [0.05, 0.1) is 23.0 Å². The Bertz CT molecular complexity index is 1570. The van der Waals surface area contributed by atoms with E-state index in [4.69, 9.17) is 9.97 Å². The lowest BCUT2D eigenvalue weighted by molar-refractivity contribution is -0.132. The first kappa shape index (κ1) is 22.5. The minimum Gasteiger partial charge on any atom is -0.298 e. The van der Waals surface area contributed by atoms with E-state index in [-0.39, 0.29) is 23.4 Å². The minimum atomic E-state index is -0.677. The van der Waals surface area contributed by atoms with Crippen molar-refractivity contribution < 1.29 is 9.18 Å². The van der Waals surface area contributed by atoms with E-state index in [0.717, 1.165) is 34.1 Å². The number of hydrogen-bond donors (Lipinski definition) is 0. The number of aromatic nitrogens is 3. The van der Waals surface area contributed by atoms with Gasteiger partial charge in [0.25, 0.3) is 0 Å². The molecule has 0 N–H and O–H groups in total. The van der Waals surface area contributed by atoms with Gasteiger partial charge in [-0.3, -0.25) is 9.78 Å². The summed E-state index contributed by atoms with van der Waals surface area (Å²) < 4.78 is 15.1. The first-order valence-corrected chi connectivity index (χ1v) is 12.4. The highest BCUT2D eigenvalue weighted by atomic mass is 19.1. The van der Waals surface area contributed by atoms with Crippen LogP contribution < -0.4 is 0 Å². The van der Waals surface area contributed by atoms with E-state index in [2.05, 4.69) is 18.0 Å². The van der Waals surface area contributed by atoms with Crippen molar-refractivity contribution in [1.29, 1.82) is 5.26 Å². The highest BCUT2D eigenvalue weighted by Crippen LogP contribution is 2.53. The Morgan fingerprint density at radius 3 is 2.64 bits per heavy atom. The molecule has 0 bridgehead atoms. The van der Waals surface area contributed by atoms with Gasteiger partial charge in [-0.25, -0.2) is 14.4 Å². The second-order valence-electron chi connectivity index (χ2n) is 10.2. The lowest BCUT2D eigenvalue weighted by Crippen LogP contribution is -2.50. The van der Waals surface area contributed by atoms with Crippen LogP contribution >= 0.6 is 0 Å². The average molecular weight is 477 g/mol. The van der Waals surface area contributed by atoms with Gasteiger partial charge >= 0.3 is 0 Å². The number of para-hydroxylation sites is 1. The second kappa shape index (κ2) is 8.30. The Kier molecular flexibility index (Phi) is 5.19. The molecule has 4 atom stereocenters. The summed E-state index contributed by atoms with van der Waals surface area (Å²) in [5, 5.41) is 10.7. The largest absolute Gasteiger partial charge is 0.298 e. The molecule has 2 aliphatic carbocycles. The maximum Gasteiger partial charge on any atom is 0.160 e. The molecule has 2 heterocycles. The van der Waals surface area contributed by atoms with E-state index in [1.165, 1.54) is 6.07 Å². The number of halogens is 1. The second-order valence-corrected chi connectivity index (χ2v) is 10.2. The van der Waals surface area contributed by atoms with E-state index >= 15 is 4.39 Å². The van der Waals surface area contributed by atoms with Crippen molar-refractivity contribution >= 4 is 16.7 Å². The van der Waals surface area contributed by atoms with Crippen LogP contribution in [0.4, 0.5) is 4.39 Å². The predicted octanol–water partition coefficient (Wildman–Crippen LogP) is 6.07. The van der Waals surface area contributed by atoms with E-state index in [1.807, 2.05) is 43.3 Å². The molecule has 2 aromatic heterocycles. The monoisotopic (exact) mass is 476 g/mol. The summed E-state index contributed by atoms with van der Waals surface area (Å²) in [6.07, 6.45) is 3.58. The minimum absolute atomic E-state index is 0.0205. The number of nitriles is 1. The van der Waals surface area contributed by atoms with Crippen LogP contribution in [-0.4, -0.2) is 20.7 Å². The maximum atomic E-state index is 15.1. The van der Waals surface area contributed by atoms with Crippen molar-refractivity contribution in [1.82, 2.24) is 15.0 Å². The van der Waals surface area contributed by atoms with Crippen molar-refractivity contribution in [2.24, 2.45) is 17.8 Å². The molecular weight excluding hydrogens is 451 g/mol. The third kappa shape index (κ3) is 3.26. The van der Waals surface area contributed by atoms with Gasteiger partial charge in [-0.15, -0.1) is 0 Å².